The largest absolute Gasteiger partial charge is 0.425 e. The number of esters is 1. The van der Waals surface area contributed by atoms with E-state index in [0.717, 1.165) is 5.56 Å². The molecule has 1 fully saturated rings. The van der Waals surface area contributed by atoms with Crippen molar-refractivity contribution in [2.24, 2.45) is 0 Å². The maximum absolute atomic E-state index is 13.1. The number of pyridine rings is 4. The molecule has 0 radical (unpaired) electrons. The van der Waals surface area contributed by atoms with Crippen LogP contribution in [0.5, 0.6) is 5.75 Å². The maximum atomic E-state index is 13.1. The molecule has 1 saturated heterocycles. The molecular formula is C58H70Cl2N10O15. The van der Waals surface area contributed by atoms with Crippen LogP contribution in [0, 0.1) is 0 Å². The fraction of sp³-hybridized carbons (Fsp3) is 0.397. The highest BCUT2D eigenvalue weighted by atomic mass is 35.5. The summed E-state index contributed by atoms with van der Waals surface area (Å²) in [6.45, 7) is 4.18. The van der Waals surface area contributed by atoms with Gasteiger partial charge in [-0.15, -0.1) is 0 Å². The number of hydrogen-bond donors (Lipinski definition) is 6. The quantitative estimate of drug-likeness (QED) is 0.0186. The standard InChI is InChI=1S/C58H70Cl2N10O15/c59-49-10-5-11-50(60)58(49)85-57(77)22-31-83-33-35-84-34-32-82-30-21-51(71)61-23-20-52(72)62-43-18-16-42(17-19-43)36-48-40-65(39-46-8-3-14-55(75)69(46)80)27-26-63(37-44-6-1-12-53(73)67(44)78)24-25-64(38-45-7-2-13-54(74)68(45)79)28-29-66(48)41-47-9-4-15-56(76)70(47)81/h1-19,48,78-81H,20-41H2,(H,61,71)(H,62,72). The van der Waals surface area contributed by atoms with Crippen LogP contribution in [0.3, 0.4) is 0 Å². The molecule has 1 atom stereocenters. The normalized spacial score (nSPS) is 15.0. The summed E-state index contributed by atoms with van der Waals surface area (Å²) in [5.74, 6) is -1.08. The molecule has 7 rings (SSSR count). The van der Waals surface area contributed by atoms with Crippen LogP contribution >= 0.6 is 23.2 Å². The van der Waals surface area contributed by atoms with Crippen molar-refractivity contribution in [2.75, 3.05) is 97.3 Å². The summed E-state index contributed by atoms with van der Waals surface area (Å²) in [5, 5.41) is 49.6. The first-order valence-electron chi connectivity index (χ1n) is 27.6. The monoisotopic (exact) mass is 1220 g/mol. The average molecular weight is 1220 g/mol. The molecule has 456 valence electrons. The number of amides is 2. The number of para-hydroxylation sites is 1. The first-order valence-corrected chi connectivity index (χ1v) is 28.3. The van der Waals surface area contributed by atoms with Gasteiger partial charge >= 0.3 is 5.97 Å². The van der Waals surface area contributed by atoms with E-state index in [1.54, 1.807) is 78.9 Å². The second kappa shape index (κ2) is 33.0. The Morgan fingerprint density at radius 3 is 1.41 bits per heavy atom. The fourth-order valence-electron chi connectivity index (χ4n) is 9.31. The van der Waals surface area contributed by atoms with Gasteiger partial charge in [0, 0.05) is 127 Å². The first-order chi connectivity index (χ1) is 41.0. The molecule has 1 aliphatic heterocycles. The minimum atomic E-state index is -0.629. The van der Waals surface area contributed by atoms with Crippen molar-refractivity contribution in [3.63, 3.8) is 0 Å². The molecule has 0 spiro atoms. The molecule has 0 bridgehead atoms. The lowest BCUT2D eigenvalue weighted by Gasteiger charge is -2.39. The van der Waals surface area contributed by atoms with Gasteiger partial charge in [0.05, 0.1) is 78.9 Å². The zero-order chi connectivity index (χ0) is 60.7. The maximum Gasteiger partial charge on any atom is 0.313 e. The minimum absolute atomic E-state index is 0.00729. The van der Waals surface area contributed by atoms with Crippen LogP contribution in [0.2, 0.25) is 10.0 Å². The number of carbonyl (C=O) groups is 3. The van der Waals surface area contributed by atoms with Gasteiger partial charge in [0.2, 0.25) is 11.8 Å². The number of rotatable bonds is 27. The lowest BCUT2D eigenvalue weighted by molar-refractivity contribution is -0.135. The zero-order valence-electron chi connectivity index (χ0n) is 46.7. The van der Waals surface area contributed by atoms with Crippen molar-refractivity contribution >= 4 is 46.7 Å². The smallest absolute Gasteiger partial charge is 0.313 e. The highest BCUT2D eigenvalue weighted by Crippen LogP contribution is 2.32. The Kier molecular flexibility index (Phi) is 25.1. The van der Waals surface area contributed by atoms with Crippen molar-refractivity contribution in [3.8, 4) is 5.75 Å². The van der Waals surface area contributed by atoms with Gasteiger partial charge in [-0.3, -0.25) is 53.2 Å². The molecule has 27 heteroatoms. The number of aromatic nitrogens is 4. The number of carbonyl (C=O) groups excluding carboxylic acids is 3. The van der Waals surface area contributed by atoms with Crippen LogP contribution in [-0.4, -0.2) is 175 Å². The summed E-state index contributed by atoms with van der Waals surface area (Å²) in [7, 11) is 0. The van der Waals surface area contributed by atoms with E-state index in [-0.39, 0.29) is 119 Å². The van der Waals surface area contributed by atoms with Crippen LogP contribution in [0.25, 0.3) is 0 Å². The molecule has 5 heterocycles. The third-order valence-corrected chi connectivity index (χ3v) is 14.5. The van der Waals surface area contributed by atoms with Crippen LogP contribution in [0.1, 0.15) is 47.6 Å². The SMILES string of the molecule is O=C(CCOCCOCCOCCC(=O)Oc1c(Cl)cccc1Cl)NCCC(=O)Nc1ccc(CC2CN(Cc3cccc(=O)n3O)CCN(Cc3cccc(=O)n3O)CCN(Cc3cccc(=O)n3O)CCN2Cc2cccc(=O)n2O)cc1. The number of ether oxygens (including phenoxy) is 4. The van der Waals surface area contributed by atoms with E-state index < -0.39 is 34.2 Å². The van der Waals surface area contributed by atoms with Crippen LogP contribution in [0.4, 0.5) is 5.69 Å². The van der Waals surface area contributed by atoms with Crippen molar-refractivity contribution in [2.45, 2.75) is 57.9 Å². The van der Waals surface area contributed by atoms with Gasteiger partial charge in [0.1, 0.15) is 0 Å². The Bertz CT molecular complexity index is 3400. The molecule has 1 aliphatic rings. The second-order valence-electron chi connectivity index (χ2n) is 20.0. The molecular weight excluding hydrogens is 1150 g/mol. The fourth-order valence-corrected chi connectivity index (χ4v) is 9.78. The molecule has 1 unspecified atom stereocenters. The average Bonchev–Trinajstić information content (AvgIpc) is 3.66. The summed E-state index contributed by atoms with van der Waals surface area (Å²) < 4.78 is 24.0. The molecule has 4 aromatic heterocycles. The van der Waals surface area contributed by atoms with Gasteiger partial charge in [-0.1, -0.05) is 65.7 Å². The van der Waals surface area contributed by atoms with E-state index in [0.29, 0.717) is 99.6 Å². The molecule has 2 amide bonds. The van der Waals surface area contributed by atoms with E-state index in [1.807, 2.05) is 21.9 Å². The number of benzene rings is 2. The Labute approximate surface area is 498 Å². The third-order valence-electron chi connectivity index (χ3n) is 13.9. The Hall–Kier alpha value is -7.85. The van der Waals surface area contributed by atoms with Crippen molar-refractivity contribution in [1.29, 1.82) is 0 Å². The van der Waals surface area contributed by atoms with Crippen molar-refractivity contribution in [3.05, 3.63) is 195 Å². The molecule has 25 nitrogen and oxygen atoms in total. The van der Waals surface area contributed by atoms with E-state index >= 15 is 0 Å². The van der Waals surface area contributed by atoms with Gasteiger partial charge in [-0.05, 0) is 60.5 Å². The van der Waals surface area contributed by atoms with Gasteiger partial charge < -0.3 is 50.4 Å². The van der Waals surface area contributed by atoms with E-state index in [1.165, 1.54) is 24.3 Å². The molecule has 6 N–H and O–H groups in total. The second-order valence-corrected chi connectivity index (χ2v) is 20.8. The highest BCUT2D eigenvalue weighted by Gasteiger charge is 2.28. The number of halogens is 2. The van der Waals surface area contributed by atoms with Gasteiger partial charge in [-0.2, -0.15) is 18.9 Å². The number of hydrogen-bond acceptors (Lipinski definition) is 19. The topological polar surface area (TPSA) is 294 Å². The van der Waals surface area contributed by atoms with E-state index in [4.69, 9.17) is 42.1 Å². The summed E-state index contributed by atoms with van der Waals surface area (Å²) in [6.07, 6.45) is 0.421. The van der Waals surface area contributed by atoms with E-state index in [2.05, 4.69) is 20.4 Å². The number of anilines is 1. The molecule has 0 aliphatic carbocycles. The Balaban J connectivity index is 0.965. The molecule has 85 heavy (non-hydrogen) atoms. The lowest BCUT2D eigenvalue weighted by atomic mass is 10.0. The minimum Gasteiger partial charge on any atom is -0.425 e. The van der Waals surface area contributed by atoms with Gasteiger partial charge in [-0.25, -0.2) is 0 Å². The Morgan fingerprint density at radius 2 is 0.906 bits per heavy atom. The predicted octanol–water partition coefficient (Wildman–Crippen LogP) is 3.40. The summed E-state index contributed by atoms with van der Waals surface area (Å²) in [5.41, 5.74) is 0.161. The van der Waals surface area contributed by atoms with E-state index in [9.17, 15) is 54.4 Å². The van der Waals surface area contributed by atoms with Crippen molar-refractivity contribution in [1.82, 2.24) is 43.8 Å². The Morgan fingerprint density at radius 1 is 0.482 bits per heavy atom. The van der Waals surface area contributed by atoms with Crippen LogP contribution in [0.15, 0.2) is 134 Å². The molecule has 6 aromatic rings. The lowest BCUT2D eigenvalue weighted by Crippen LogP contribution is -2.51. The number of nitrogens with one attached hydrogen (secondary N) is 2. The molecule has 2 aromatic carbocycles. The summed E-state index contributed by atoms with van der Waals surface area (Å²) in [4.78, 5) is 96.6. The predicted molar refractivity (Wildman–Crippen MR) is 312 cm³/mol. The van der Waals surface area contributed by atoms with Gasteiger partial charge in [0.15, 0.2) is 5.75 Å². The van der Waals surface area contributed by atoms with Gasteiger partial charge in [0.25, 0.3) is 22.2 Å². The third kappa shape index (κ3) is 20.4. The van der Waals surface area contributed by atoms with Crippen molar-refractivity contribution < 1.29 is 54.2 Å². The number of nitrogens with zero attached hydrogens (tertiary/aromatic N) is 8. The summed E-state index contributed by atoms with van der Waals surface area (Å²) >= 11 is 12.1. The molecule has 0 saturated carbocycles. The van der Waals surface area contributed by atoms with Crippen LogP contribution in [-0.2, 0) is 61.2 Å². The first kappa shape index (κ1) is 64.7. The zero-order valence-corrected chi connectivity index (χ0v) is 48.2. The summed E-state index contributed by atoms with van der Waals surface area (Å²) in [6, 6.07) is 29.3. The highest BCUT2D eigenvalue weighted by molar-refractivity contribution is 6.37. The van der Waals surface area contributed by atoms with Crippen LogP contribution < -0.4 is 37.6 Å².